The first-order chi connectivity index (χ1) is 6.81. The standard InChI is InChI=1S/C9H20N2O2S/c1-10-9(14)11-5-3-4-6-13-8-7-12-2/h3-8H2,1-2H3,(H2,10,11,14). The van der Waals surface area contributed by atoms with Gasteiger partial charge in [-0.1, -0.05) is 0 Å². The van der Waals surface area contributed by atoms with Crippen molar-refractivity contribution in [1.29, 1.82) is 0 Å². The maximum Gasteiger partial charge on any atom is 0.166 e. The molecule has 0 radical (unpaired) electrons. The Morgan fingerprint density at radius 2 is 2.00 bits per heavy atom. The number of thiocarbonyl (C=S) groups is 1. The minimum atomic E-state index is 0.669. The quantitative estimate of drug-likeness (QED) is 0.461. The molecule has 0 amide bonds. The predicted molar refractivity (Wildman–Crippen MR) is 61.6 cm³/mol. The van der Waals surface area contributed by atoms with Crippen LogP contribution < -0.4 is 10.6 Å². The molecule has 0 unspecified atom stereocenters. The van der Waals surface area contributed by atoms with Gasteiger partial charge in [0.05, 0.1) is 13.2 Å². The summed E-state index contributed by atoms with van der Waals surface area (Å²) in [5.41, 5.74) is 0. The van der Waals surface area contributed by atoms with Gasteiger partial charge < -0.3 is 20.1 Å². The van der Waals surface area contributed by atoms with E-state index < -0.39 is 0 Å². The molecule has 0 spiro atoms. The molecule has 4 nitrogen and oxygen atoms in total. The van der Waals surface area contributed by atoms with Gasteiger partial charge in [-0.15, -0.1) is 0 Å². The van der Waals surface area contributed by atoms with Crippen LogP contribution in [0.5, 0.6) is 0 Å². The van der Waals surface area contributed by atoms with E-state index in [1.165, 1.54) is 0 Å². The summed E-state index contributed by atoms with van der Waals surface area (Å²) in [6.45, 7) is 3.03. The van der Waals surface area contributed by atoms with Crippen molar-refractivity contribution < 1.29 is 9.47 Å². The minimum absolute atomic E-state index is 0.669. The molecule has 0 aliphatic carbocycles. The maximum absolute atomic E-state index is 5.31. The molecule has 0 aliphatic heterocycles. The maximum atomic E-state index is 5.31. The number of methoxy groups -OCH3 is 1. The van der Waals surface area contributed by atoms with Crippen LogP contribution in [-0.2, 0) is 9.47 Å². The van der Waals surface area contributed by atoms with E-state index in [1.54, 1.807) is 7.11 Å². The Morgan fingerprint density at radius 1 is 1.21 bits per heavy atom. The summed E-state index contributed by atoms with van der Waals surface area (Å²) in [6, 6.07) is 0. The summed E-state index contributed by atoms with van der Waals surface area (Å²) < 4.78 is 10.2. The van der Waals surface area contributed by atoms with E-state index in [1.807, 2.05) is 7.05 Å². The summed E-state index contributed by atoms with van der Waals surface area (Å²) in [7, 11) is 3.48. The molecule has 0 atom stereocenters. The van der Waals surface area contributed by atoms with Crippen molar-refractivity contribution >= 4 is 17.3 Å². The Labute approximate surface area is 91.3 Å². The average Bonchev–Trinajstić information content (AvgIpc) is 2.21. The van der Waals surface area contributed by atoms with Crippen LogP contribution >= 0.6 is 12.2 Å². The number of rotatable bonds is 8. The second kappa shape index (κ2) is 10.7. The average molecular weight is 220 g/mol. The van der Waals surface area contributed by atoms with E-state index >= 15 is 0 Å². The zero-order valence-corrected chi connectivity index (χ0v) is 9.78. The molecule has 14 heavy (non-hydrogen) atoms. The molecule has 0 aromatic rings. The molecule has 0 aliphatic rings. The van der Waals surface area contributed by atoms with Gasteiger partial charge >= 0.3 is 0 Å². The van der Waals surface area contributed by atoms with Gasteiger partial charge in [-0.05, 0) is 25.1 Å². The fourth-order valence-electron chi connectivity index (χ4n) is 0.864. The number of unbranched alkanes of at least 4 members (excludes halogenated alkanes) is 1. The summed E-state index contributed by atoms with van der Waals surface area (Å²) in [6.07, 6.45) is 2.11. The number of hydrogen-bond acceptors (Lipinski definition) is 3. The first-order valence-corrected chi connectivity index (χ1v) is 5.24. The zero-order chi connectivity index (χ0) is 10.6. The van der Waals surface area contributed by atoms with E-state index in [2.05, 4.69) is 10.6 Å². The van der Waals surface area contributed by atoms with Crippen LogP contribution in [-0.4, -0.2) is 45.6 Å². The number of nitrogens with one attached hydrogen (secondary N) is 2. The molecule has 0 rings (SSSR count). The molecule has 84 valence electrons. The van der Waals surface area contributed by atoms with E-state index in [4.69, 9.17) is 21.7 Å². The van der Waals surface area contributed by atoms with Crippen LogP contribution in [0.25, 0.3) is 0 Å². The Kier molecular flexibility index (Phi) is 10.4. The zero-order valence-electron chi connectivity index (χ0n) is 8.97. The molecule has 0 heterocycles. The van der Waals surface area contributed by atoms with Gasteiger partial charge in [0.2, 0.25) is 0 Å². The molecular weight excluding hydrogens is 200 g/mol. The molecular formula is C9H20N2O2S. The molecule has 0 saturated carbocycles. The molecule has 0 bridgehead atoms. The van der Waals surface area contributed by atoms with Crippen molar-refractivity contribution in [3.8, 4) is 0 Å². The van der Waals surface area contributed by atoms with Crippen LogP contribution in [0.2, 0.25) is 0 Å². The van der Waals surface area contributed by atoms with Crippen molar-refractivity contribution in [1.82, 2.24) is 10.6 Å². The first-order valence-electron chi connectivity index (χ1n) is 4.83. The highest BCUT2D eigenvalue weighted by molar-refractivity contribution is 7.80. The summed E-state index contributed by atoms with van der Waals surface area (Å²) in [4.78, 5) is 0. The third-order valence-corrected chi connectivity index (χ3v) is 2.01. The van der Waals surface area contributed by atoms with Crippen molar-refractivity contribution in [3.63, 3.8) is 0 Å². The lowest BCUT2D eigenvalue weighted by molar-refractivity contribution is 0.0689. The highest BCUT2D eigenvalue weighted by Gasteiger charge is 1.91. The van der Waals surface area contributed by atoms with Gasteiger partial charge in [-0.2, -0.15) is 0 Å². The molecule has 0 saturated heterocycles. The van der Waals surface area contributed by atoms with Gasteiger partial charge in [-0.25, -0.2) is 0 Å². The monoisotopic (exact) mass is 220 g/mol. The molecule has 0 aromatic carbocycles. The minimum Gasteiger partial charge on any atom is -0.382 e. The number of hydrogen-bond donors (Lipinski definition) is 2. The fraction of sp³-hybridized carbons (Fsp3) is 0.889. The van der Waals surface area contributed by atoms with Crippen molar-refractivity contribution in [2.75, 3.05) is 40.5 Å². The van der Waals surface area contributed by atoms with Crippen LogP contribution in [0.3, 0.4) is 0 Å². The van der Waals surface area contributed by atoms with Gasteiger partial charge in [0, 0.05) is 27.3 Å². The van der Waals surface area contributed by atoms with Gasteiger partial charge in [0.15, 0.2) is 5.11 Å². The molecule has 0 fully saturated rings. The first kappa shape index (κ1) is 13.6. The Morgan fingerprint density at radius 3 is 2.64 bits per heavy atom. The topological polar surface area (TPSA) is 42.5 Å². The van der Waals surface area contributed by atoms with Crippen LogP contribution in [0.15, 0.2) is 0 Å². The summed E-state index contributed by atoms with van der Waals surface area (Å²) in [5.74, 6) is 0. The Bertz CT molecular complexity index is 145. The second-order valence-corrected chi connectivity index (χ2v) is 3.23. The highest BCUT2D eigenvalue weighted by Crippen LogP contribution is 1.88. The highest BCUT2D eigenvalue weighted by atomic mass is 32.1. The van der Waals surface area contributed by atoms with Gasteiger partial charge in [-0.3, -0.25) is 0 Å². The third kappa shape index (κ3) is 9.70. The summed E-state index contributed by atoms with van der Waals surface area (Å²) >= 11 is 4.92. The van der Waals surface area contributed by atoms with E-state index in [9.17, 15) is 0 Å². The SMILES string of the molecule is CNC(=S)NCCCCOCCOC. The molecule has 2 N–H and O–H groups in total. The Hall–Kier alpha value is -0.390. The third-order valence-electron chi connectivity index (χ3n) is 1.66. The lowest BCUT2D eigenvalue weighted by Gasteiger charge is -2.06. The van der Waals surface area contributed by atoms with Gasteiger partial charge in [0.25, 0.3) is 0 Å². The fourth-order valence-corrected chi connectivity index (χ4v) is 0.966. The van der Waals surface area contributed by atoms with Crippen LogP contribution in [0.4, 0.5) is 0 Å². The van der Waals surface area contributed by atoms with E-state index in [0.29, 0.717) is 18.3 Å². The predicted octanol–water partition coefficient (Wildman–Crippen LogP) is 0.523. The van der Waals surface area contributed by atoms with Crippen LogP contribution in [0.1, 0.15) is 12.8 Å². The van der Waals surface area contributed by atoms with Crippen molar-refractivity contribution in [3.05, 3.63) is 0 Å². The second-order valence-electron chi connectivity index (χ2n) is 2.82. The van der Waals surface area contributed by atoms with Gasteiger partial charge in [0.1, 0.15) is 0 Å². The van der Waals surface area contributed by atoms with Crippen molar-refractivity contribution in [2.45, 2.75) is 12.8 Å². The normalized spacial score (nSPS) is 9.86. The summed E-state index contributed by atoms with van der Waals surface area (Å²) in [5, 5.41) is 6.63. The lowest BCUT2D eigenvalue weighted by Crippen LogP contribution is -2.33. The molecule has 5 heteroatoms. The van der Waals surface area contributed by atoms with E-state index in [-0.39, 0.29) is 0 Å². The molecule has 0 aromatic heterocycles. The number of ether oxygens (including phenoxy) is 2. The van der Waals surface area contributed by atoms with E-state index in [0.717, 1.165) is 26.0 Å². The largest absolute Gasteiger partial charge is 0.382 e. The lowest BCUT2D eigenvalue weighted by atomic mass is 10.3. The smallest absolute Gasteiger partial charge is 0.166 e. The van der Waals surface area contributed by atoms with Crippen molar-refractivity contribution in [2.24, 2.45) is 0 Å². The van der Waals surface area contributed by atoms with Crippen LogP contribution in [0, 0.1) is 0 Å². The Balaban J connectivity index is 2.95.